The molecule has 0 aliphatic carbocycles. The minimum atomic E-state index is -0.203. The van der Waals surface area contributed by atoms with Crippen LogP contribution in [0.2, 0.25) is 0 Å². The van der Waals surface area contributed by atoms with Crippen LogP contribution >= 0.6 is 0 Å². The van der Waals surface area contributed by atoms with E-state index in [0.29, 0.717) is 26.2 Å². The molecule has 0 unspecified atom stereocenters. The summed E-state index contributed by atoms with van der Waals surface area (Å²) in [7, 11) is 1.65. The minimum Gasteiger partial charge on any atom is -0.497 e. The monoisotopic (exact) mass is 316 g/mol. The third kappa shape index (κ3) is 6.40. The summed E-state index contributed by atoms with van der Waals surface area (Å²) in [6, 6.07) is 17.7. The first-order valence-electron chi connectivity index (χ1n) is 7.79. The smallest absolute Gasteiger partial charge is 0.118 e. The van der Waals surface area contributed by atoms with Crippen LogP contribution in [0.15, 0.2) is 54.6 Å². The first-order valence-corrected chi connectivity index (χ1v) is 7.79. The molecule has 0 aromatic heterocycles. The zero-order chi connectivity index (χ0) is 16.3. The molecular formula is C19H24O4. The number of hydrogen-bond donors (Lipinski definition) is 1. The summed E-state index contributed by atoms with van der Waals surface area (Å²) in [5, 5.41) is 9.38. The van der Waals surface area contributed by atoms with Crippen LogP contribution in [0.4, 0.5) is 0 Å². The van der Waals surface area contributed by atoms with Crippen molar-refractivity contribution < 1.29 is 19.3 Å². The van der Waals surface area contributed by atoms with Crippen molar-refractivity contribution in [3.63, 3.8) is 0 Å². The van der Waals surface area contributed by atoms with E-state index in [1.165, 1.54) is 0 Å². The molecule has 124 valence electrons. The van der Waals surface area contributed by atoms with E-state index >= 15 is 0 Å². The molecule has 1 N–H and O–H groups in total. The molecule has 23 heavy (non-hydrogen) atoms. The molecule has 2 aromatic rings. The Labute approximate surface area is 137 Å². The van der Waals surface area contributed by atoms with Gasteiger partial charge in [0.1, 0.15) is 5.75 Å². The highest BCUT2D eigenvalue weighted by atomic mass is 16.5. The summed E-state index contributed by atoms with van der Waals surface area (Å²) in [6.45, 7) is 1.59. The minimum absolute atomic E-state index is 0.00126. The Bertz CT molecular complexity index is 539. The molecule has 0 saturated carbocycles. The van der Waals surface area contributed by atoms with E-state index in [-0.39, 0.29) is 12.7 Å². The molecule has 0 fully saturated rings. The molecule has 0 saturated heterocycles. The van der Waals surface area contributed by atoms with Gasteiger partial charge >= 0.3 is 0 Å². The lowest BCUT2D eigenvalue weighted by atomic mass is 10.2. The van der Waals surface area contributed by atoms with Crippen LogP contribution in [-0.2, 0) is 22.7 Å². The number of benzene rings is 2. The zero-order valence-corrected chi connectivity index (χ0v) is 13.5. The molecular weight excluding hydrogens is 292 g/mol. The lowest BCUT2D eigenvalue weighted by Crippen LogP contribution is -2.19. The summed E-state index contributed by atoms with van der Waals surface area (Å²) in [4.78, 5) is 0. The topological polar surface area (TPSA) is 47.9 Å². The lowest BCUT2D eigenvalue weighted by molar-refractivity contribution is -0.0205. The standard InChI is InChI=1S/C19H24O4/c1-21-18-9-7-17(8-10-18)14-22-12-11-19(13-20)23-15-16-5-3-2-4-6-16/h2-10,19-20H,11-15H2,1H3/t19-/m0/s1. The third-order valence-corrected chi connectivity index (χ3v) is 3.54. The van der Waals surface area contributed by atoms with Crippen molar-refractivity contribution in [2.24, 2.45) is 0 Å². The summed E-state index contributed by atoms with van der Waals surface area (Å²) in [5.41, 5.74) is 2.20. The maximum absolute atomic E-state index is 9.38. The zero-order valence-electron chi connectivity index (χ0n) is 13.5. The van der Waals surface area contributed by atoms with Crippen molar-refractivity contribution >= 4 is 0 Å². The summed E-state index contributed by atoms with van der Waals surface area (Å²) >= 11 is 0. The van der Waals surface area contributed by atoms with Crippen molar-refractivity contribution in [3.8, 4) is 5.75 Å². The van der Waals surface area contributed by atoms with Gasteiger partial charge in [-0.15, -0.1) is 0 Å². The Hall–Kier alpha value is -1.88. The van der Waals surface area contributed by atoms with Crippen molar-refractivity contribution in [3.05, 3.63) is 65.7 Å². The Morgan fingerprint density at radius 2 is 1.61 bits per heavy atom. The molecule has 0 heterocycles. The van der Waals surface area contributed by atoms with Gasteiger partial charge in [0.05, 0.1) is 33.0 Å². The van der Waals surface area contributed by atoms with Crippen molar-refractivity contribution in [2.45, 2.75) is 25.7 Å². The molecule has 2 aromatic carbocycles. The van der Waals surface area contributed by atoms with Gasteiger partial charge in [0.15, 0.2) is 0 Å². The first kappa shape index (κ1) is 17.5. The molecule has 4 nitrogen and oxygen atoms in total. The Balaban J connectivity index is 1.64. The van der Waals surface area contributed by atoms with E-state index in [1.54, 1.807) is 7.11 Å². The maximum Gasteiger partial charge on any atom is 0.118 e. The molecule has 0 aliphatic heterocycles. The van der Waals surface area contributed by atoms with Crippen LogP contribution in [0.3, 0.4) is 0 Å². The average Bonchev–Trinajstić information content (AvgIpc) is 2.62. The fourth-order valence-electron chi connectivity index (χ4n) is 2.14. The Kier molecular flexibility index (Phi) is 7.60. The van der Waals surface area contributed by atoms with Gasteiger partial charge in [0, 0.05) is 6.61 Å². The third-order valence-electron chi connectivity index (χ3n) is 3.54. The van der Waals surface area contributed by atoms with Crippen molar-refractivity contribution in [1.82, 2.24) is 0 Å². The molecule has 0 bridgehead atoms. The van der Waals surface area contributed by atoms with Crippen LogP contribution < -0.4 is 4.74 Å². The largest absolute Gasteiger partial charge is 0.497 e. The quantitative estimate of drug-likeness (QED) is 0.684. The van der Waals surface area contributed by atoms with E-state index in [0.717, 1.165) is 16.9 Å². The number of ether oxygens (including phenoxy) is 3. The van der Waals surface area contributed by atoms with Crippen molar-refractivity contribution in [2.75, 3.05) is 20.3 Å². The van der Waals surface area contributed by atoms with Crippen LogP contribution in [-0.4, -0.2) is 31.5 Å². The summed E-state index contributed by atoms with van der Waals surface area (Å²) in [6.07, 6.45) is 0.463. The Morgan fingerprint density at radius 3 is 2.26 bits per heavy atom. The van der Waals surface area contributed by atoms with Gasteiger partial charge < -0.3 is 19.3 Å². The fourth-order valence-corrected chi connectivity index (χ4v) is 2.14. The van der Waals surface area contributed by atoms with Crippen LogP contribution in [0, 0.1) is 0 Å². The van der Waals surface area contributed by atoms with E-state index in [1.807, 2.05) is 54.6 Å². The summed E-state index contributed by atoms with van der Waals surface area (Å²) in [5.74, 6) is 0.836. The number of aliphatic hydroxyl groups is 1. The van der Waals surface area contributed by atoms with E-state index in [4.69, 9.17) is 14.2 Å². The van der Waals surface area contributed by atoms with E-state index < -0.39 is 0 Å². The highest BCUT2D eigenvalue weighted by Crippen LogP contribution is 2.12. The summed E-state index contributed by atoms with van der Waals surface area (Å²) < 4.78 is 16.5. The Morgan fingerprint density at radius 1 is 0.913 bits per heavy atom. The predicted molar refractivity (Wildman–Crippen MR) is 89.4 cm³/mol. The highest BCUT2D eigenvalue weighted by molar-refractivity contribution is 5.26. The predicted octanol–water partition coefficient (Wildman–Crippen LogP) is 3.18. The molecule has 0 amide bonds. The van der Waals surface area contributed by atoms with E-state index in [9.17, 15) is 5.11 Å². The molecule has 4 heteroatoms. The van der Waals surface area contributed by atoms with Gasteiger partial charge in [-0.3, -0.25) is 0 Å². The lowest BCUT2D eigenvalue weighted by Gasteiger charge is -2.15. The van der Waals surface area contributed by atoms with Crippen LogP contribution in [0.25, 0.3) is 0 Å². The number of hydrogen-bond acceptors (Lipinski definition) is 4. The van der Waals surface area contributed by atoms with Gasteiger partial charge in [-0.05, 0) is 29.7 Å². The van der Waals surface area contributed by atoms with Gasteiger partial charge in [0.25, 0.3) is 0 Å². The number of methoxy groups -OCH3 is 1. The molecule has 0 spiro atoms. The maximum atomic E-state index is 9.38. The molecule has 0 radical (unpaired) electrons. The molecule has 0 aliphatic rings. The second kappa shape index (κ2) is 10.0. The SMILES string of the molecule is COc1ccc(COCC[C@@H](CO)OCc2ccccc2)cc1. The van der Waals surface area contributed by atoms with Crippen LogP contribution in [0.1, 0.15) is 17.5 Å². The second-order valence-electron chi connectivity index (χ2n) is 5.29. The molecule has 1 atom stereocenters. The van der Waals surface area contributed by atoms with Gasteiger partial charge in [-0.1, -0.05) is 42.5 Å². The van der Waals surface area contributed by atoms with E-state index in [2.05, 4.69) is 0 Å². The second-order valence-corrected chi connectivity index (χ2v) is 5.29. The fraction of sp³-hybridized carbons (Fsp3) is 0.368. The van der Waals surface area contributed by atoms with Gasteiger partial charge in [-0.25, -0.2) is 0 Å². The van der Waals surface area contributed by atoms with Gasteiger partial charge in [-0.2, -0.15) is 0 Å². The first-order chi connectivity index (χ1) is 11.3. The average molecular weight is 316 g/mol. The highest BCUT2D eigenvalue weighted by Gasteiger charge is 2.08. The molecule has 2 rings (SSSR count). The normalized spacial score (nSPS) is 12.1. The van der Waals surface area contributed by atoms with Crippen molar-refractivity contribution in [1.29, 1.82) is 0 Å². The number of rotatable bonds is 10. The number of aliphatic hydroxyl groups excluding tert-OH is 1. The van der Waals surface area contributed by atoms with Gasteiger partial charge in [0.2, 0.25) is 0 Å². The van der Waals surface area contributed by atoms with Crippen LogP contribution in [0.5, 0.6) is 5.75 Å².